The summed E-state index contributed by atoms with van der Waals surface area (Å²) < 4.78 is 0. The zero-order valence-electron chi connectivity index (χ0n) is 9.14. The minimum atomic E-state index is 0.785. The summed E-state index contributed by atoms with van der Waals surface area (Å²) in [5.41, 5.74) is 13.5. The van der Waals surface area contributed by atoms with Gasteiger partial charge < -0.3 is 11.5 Å². The predicted molar refractivity (Wildman–Crippen MR) is 71.8 cm³/mol. The third kappa shape index (κ3) is 3.88. The second-order valence-electron chi connectivity index (χ2n) is 3.24. The van der Waals surface area contributed by atoms with Gasteiger partial charge in [0.05, 0.1) is 0 Å². The molecule has 0 saturated heterocycles. The van der Waals surface area contributed by atoms with E-state index in [-0.39, 0.29) is 0 Å². The average molecular weight is 212 g/mol. The molecule has 4 N–H and O–H groups in total. The molecule has 0 radical (unpaired) electrons. The van der Waals surface area contributed by atoms with Crippen molar-refractivity contribution in [3.8, 4) is 0 Å². The maximum Gasteiger partial charge on any atom is 0.0387 e. The smallest absolute Gasteiger partial charge is 0.0387 e. The van der Waals surface area contributed by atoms with Crippen LogP contribution in [0.5, 0.6) is 0 Å². The lowest BCUT2D eigenvalue weighted by molar-refractivity contribution is 1.64. The van der Waals surface area contributed by atoms with E-state index in [1.807, 2.05) is 54.6 Å². The van der Waals surface area contributed by atoms with Crippen LogP contribution in [-0.4, -0.2) is 0 Å². The Kier molecular flexibility index (Phi) is 4.67. The SMILES string of the molecule is C=Cc1ccccc1N.Nc1ccccc1. The Balaban J connectivity index is 0.000000165. The van der Waals surface area contributed by atoms with Crippen molar-refractivity contribution in [3.05, 3.63) is 66.7 Å². The molecule has 2 heteroatoms. The largest absolute Gasteiger partial charge is 0.399 e. The summed E-state index contributed by atoms with van der Waals surface area (Å²) in [7, 11) is 0. The summed E-state index contributed by atoms with van der Waals surface area (Å²) in [6, 6.07) is 17.1. The third-order valence-electron chi connectivity index (χ3n) is 2.02. The Morgan fingerprint density at radius 3 is 1.75 bits per heavy atom. The van der Waals surface area contributed by atoms with E-state index in [4.69, 9.17) is 11.5 Å². The first-order valence-electron chi connectivity index (χ1n) is 5.01. The molecule has 2 rings (SSSR count). The van der Waals surface area contributed by atoms with Crippen molar-refractivity contribution in [2.45, 2.75) is 0 Å². The van der Waals surface area contributed by atoms with Crippen molar-refractivity contribution in [3.63, 3.8) is 0 Å². The third-order valence-corrected chi connectivity index (χ3v) is 2.02. The lowest BCUT2D eigenvalue weighted by Crippen LogP contribution is -1.86. The van der Waals surface area contributed by atoms with E-state index < -0.39 is 0 Å². The van der Waals surface area contributed by atoms with Crippen molar-refractivity contribution in [2.24, 2.45) is 0 Å². The number of rotatable bonds is 1. The molecule has 0 aliphatic rings. The van der Waals surface area contributed by atoms with E-state index in [1.54, 1.807) is 6.08 Å². The van der Waals surface area contributed by atoms with E-state index in [9.17, 15) is 0 Å². The number of nitrogen functional groups attached to an aromatic ring is 2. The van der Waals surface area contributed by atoms with Gasteiger partial charge in [0.25, 0.3) is 0 Å². The maximum absolute atomic E-state index is 5.56. The van der Waals surface area contributed by atoms with Gasteiger partial charge in [0.2, 0.25) is 0 Å². The van der Waals surface area contributed by atoms with Crippen molar-refractivity contribution < 1.29 is 0 Å². The van der Waals surface area contributed by atoms with E-state index >= 15 is 0 Å². The van der Waals surface area contributed by atoms with Gasteiger partial charge >= 0.3 is 0 Å². The van der Waals surface area contributed by atoms with E-state index in [0.717, 1.165) is 16.9 Å². The second kappa shape index (κ2) is 6.30. The van der Waals surface area contributed by atoms with Gasteiger partial charge in [0, 0.05) is 11.4 Å². The fourth-order valence-corrected chi connectivity index (χ4v) is 1.15. The van der Waals surface area contributed by atoms with Gasteiger partial charge in [-0.2, -0.15) is 0 Å². The molecule has 0 bridgehead atoms. The lowest BCUT2D eigenvalue weighted by Gasteiger charge is -1.95. The summed E-state index contributed by atoms with van der Waals surface area (Å²) in [5, 5.41) is 0. The van der Waals surface area contributed by atoms with Crippen molar-refractivity contribution in [2.75, 3.05) is 11.5 Å². The van der Waals surface area contributed by atoms with Gasteiger partial charge in [-0.3, -0.25) is 0 Å². The van der Waals surface area contributed by atoms with Crippen LogP contribution in [0.4, 0.5) is 11.4 Å². The van der Waals surface area contributed by atoms with Gasteiger partial charge in [0.1, 0.15) is 0 Å². The Hall–Kier alpha value is -2.22. The van der Waals surface area contributed by atoms with E-state index in [1.165, 1.54) is 0 Å². The van der Waals surface area contributed by atoms with Gasteiger partial charge in [-0.25, -0.2) is 0 Å². The Morgan fingerprint density at radius 1 is 0.812 bits per heavy atom. The molecule has 0 saturated carbocycles. The molecule has 0 fully saturated rings. The molecule has 2 nitrogen and oxygen atoms in total. The molecule has 0 aliphatic heterocycles. The zero-order chi connectivity index (χ0) is 11.8. The summed E-state index contributed by atoms with van der Waals surface area (Å²) in [4.78, 5) is 0. The summed E-state index contributed by atoms with van der Waals surface area (Å²) >= 11 is 0. The fraction of sp³-hybridized carbons (Fsp3) is 0. The molecule has 0 heterocycles. The Labute approximate surface area is 96.2 Å². The molecule has 82 valence electrons. The first-order valence-corrected chi connectivity index (χ1v) is 5.01. The standard InChI is InChI=1S/C8H9N.C6H7N/c1-2-7-5-3-4-6-8(7)9;7-6-4-2-1-3-5-6/h2-6H,1,9H2;1-5H,7H2. The monoisotopic (exact) mass is 212 g/mol. The molecule has 0 amide bonds. The molecule has 0 unspecified atom stereocenters. The van der Waals surface area contributed by atoms with Crippen LogP contribution < -0.4 is 11.5 Å². The average Bonchev–Trinajstić information content (AvgIpc) is 2.31. The first kappa shape index (κ1) is 11.9. The van der Waals surface area contributed by atoms with E-state index in [2.05, 4.69) is 6.58 Å². The molecule has 0 spiro atoms. The maximum atomic E-state index is 5.56. The normalized spacial score (nSPS) is 8.75. The molecule has 16 heavy (non-hydrogen) atoms. The van der Waals surface area contributed by atoms with Crippen LogP contribution in [0.15, 0.2) is 61.2 Å². The highest BCUT2D eigenvalue weighted by molar-refractivity contribution is 5.62. The highest BCUT2D eigenvalue weighted by Gasteiger charge is 1.87. The Bertz CT molecular complexity index is 435. The zero-order valence-corrected chi connectivity index (χ0v) is 9.14. The van der Waals surface area contributed by atoms with Crippen LogP contribution in [0.3, 0.4) is 0 Å². The fourth-order valence-electron chi connectivity index (χ4n) is 1.15. The topological polar surface area (TPSA) is 52.0 Å². The summed E-state index contributed by atoms with van der Waals surface area (Å²) in [6.45, 7) is 3.61. The van der Waals surface area contributed by atoms with Gasteiger partial charge in [-0.15, -0.1) is 0 Å². The molecule has 0 aliphatic carbocycles. The molecular formula is C14H16N2. The molecule has 2 aromatic rings. The first-order chi connectivity index (χ1) is 7.74. The molecular weight excluding hydrogens is 196 g/mol. The highest BCUT2D eigenvalue weighted by Crippen LogP contribution is 2.10. The predicted octanol–water partition coefficient (Wildman–Crippen LogP) is 3.18. The second-order valence-corrected chi connectivity index (χ2v) is 3.24. The van der Waals surface area contributed by atoms with Crippen molar-refractivity contribution in [1.29, 1.82) is 0 Å². The number of anilines is 2. The van der Waals surface area contributed by atoms with Gasteiger partial charge in [-0.05, 0) is 23.8 Å². The van der Waals surface area contributed by atoms with Crippen LogP contribution in [0.1, 0.15) is 5.56 Å². The highest BCUT2D eigenvalue weighted by atomic mass is 14.5. The molecule has 0 atom stereocenters. The lowest BCUT2D eigenvalue weighted by atomic mass is 10.2. The summed E-state index contributed by atoms with van der Waals surface area (Å²) in [5.74, 6) is 0. The van der Waals surface area contributed by atoms with Crippen LogP contribution in [0.25, 0.3) is 6.08 Å². The Morgan fingerprint density at radius 2 is 1.38 bits per heavy atom. The molecule has 2 aromatic carbocycles. The van der Waals surface area contributed by atoms with Crippen LogP contribution in [0, 0.1) is 0 Å². The molecule has 0 aromatic heterocycles. The van der Waals surface area contributed by atoms with Crippen LogP contribution >= 0.6 is 0 Å². The van der Waals surface area contributed by atoms with Crippen molar-refractivity contribution in [1.82, 2.24) is 0 Å². The number of hydrogen-bond acceptors (Lipinski definition) is 2. The number of nitrogens with two attached hydrogens (primary N) is 2. The van der Waals surface area contributed by atoms with Crippen LogP contribution in [0.2, 0.25) is 0 Å². The van der Waals surface area contributed by atoms with Crippen LogP contribution in [-0.2, 0) is 0 Å². The number of hydrogen-bond donors (Lipinski definition) is 2. The summed E-state index contributed by atoms with van der Waals surface area (Å²) in [6.07, 6.45) is 1.75. The van der Waals surface area contributed by atoms with E-state index in [0.29, 0.717) is 0 Å². The number of benzene rings is 2. The van der Waals surface area contributed by atoms with Crippen molar-refractivity contribution >= 4 is 17.5 Å². The number of para-hydroxylation sites is 2. The minimum absolute atomic E-state index is 0.785. The van der Waals surface area contributed by atoms with Gasteiger partial charge in [-0.1, -0.05) is 49.1 Å². The minimum Gasteiger partial charge on any atom is -0.399 e. The quantitative estimate of drug-likeness (QED) is 0.713. The van der Waals surface area contributed by atoms with Gasteiger partial charge in [0.15, 0.2) is 0 Å².